The summed E-state index contributed by atoms with van der Waals surface area (Å²) in [6.07, 6.45) is 5.67. The van der Waals surface area contributed by atoms with E-state index in [1.807, 2.05) is 0 Å². The van der Waals surface area contributed by atoms with Crippen molar-refractivity contribution in [1.82, 2.24) is 0 Å². The maximum atomic E-state index is 10.9. The van der Waals surface area contributed by atoms with Crippen LogP contribution in [0.1, 0.15) is 75.8 Å². The van der Waals surface area contributed by atoms with Gasteiger partial charge < -0.3 is 10.8 Å². The summed E-state index contributed by atoms with van der Waals surface area (Å²) in [6, 6.07) is 8.67. The molecule has 0 radical (unpaired) electrons. The number of aliphatic hydroxyl groups excluding tert-OH is 1. The van der Waals surface area contributed by atoms with Gasteiger partial charge in [0.2, 0.25) is 0 Å². The molecule has 118 valence electrons. The SMILES string of the molecule is CC(C)c1ccc(C(CN)C(O)C2(C)CCCCC2)cc1. The van der Waals surface area contributed by atoms with E-state index in [1.54, 1.807) is 0 Å². The second kappa shape index (κ2) is 6.93. The molecule has 0 aromatic heterocycles. The van der Waals surface area contributed by atoms with Crippen LogP contribution in [0.3, 0.4) is 0 Å². The van der Waals surface area contributed by atoms with E-state index >= 15 is 0 Å². The molecule has 1 aliphatic carbocycles. The Labute approximate surface area is 129 Å². The van der Waals surface area contributed by atoms with E-state index in [0.717, 1.165) is 12.8 Å². The third kappa shape index (κ3) is 3.67. The van der Waals surface area contributed by atoms with Gasteiger partial charge in [-0.2, -0.15) is 0 Å². The molecule has 2 unspecified atom stereocenters. The summed E-state index contributed by atoms with van der Waals surface area (Å²) >= 11 is 0. The lowest BCUT2D eigenvalue weighted by molar-refractivity contribution is -0.00749. The minimum atomic E-state index is -0.340. The normalized spacial score (nSPS) is 21.2. The number of aliphatic hydroxyl groups is 1. The Morgan fingerprint density at radius 3 is 2.05 bits per heavy atom. The lowest BCUT2D eigenvalue weighted by Crippen LogP contribution is -2.41. The molecule has 0 spiro atoms. The maximum Gasteiger partial charge on any atom is 0.0674 e. The average Bonchev–Trinajstić information content (AvgIpc) is 2.49. The first-order chi connectivity index (χ1) is 9.98. The predicted molar refractivity (Wildman–Crippen MR) is 89.5 cm³/mol. The van der Waals surface area contributed by atoms with Crippen molar-refractivity contribution in [2.45, 2.75) is 70.8 Å². The third-order valence-corrected chi connectivity index (χ3v) is 5.38. The zero-order valence-electron chi connectivity index (χ0n) is 13.8. The van der Waals surface area contributed by atoms with Crippen molar-refractivity contribution in [3.63, 3.8) is 0 Å². The van der Waals surface area contributed by atoms with Crippen molar-refractivity contribution in [2.75, 3.05) is 6.54 Å². The monoisotopic (exact) mass is 289 g/mol. The van der Waals surface area contributed by atoms with Crippen molar-refractivity contribution in [2.24, 2.45) is 11.1 Å². The molecule has 2 rings (SSSR count). The molecule has 21 heavy (non-hydrogen) atoms. The largest absolute Gasteiger partial charge is 0.392 e. The zero-order chi connectivity index (χ0) is 15.5. The second-order valence-electron chi connectivity index (χ2n) is 7.32. The van der Waals surface area contributed by atoms with E-state index < -0.39 is 0 Å². The van der Waals surface area contributed by atoms with Gasteiger partial charge in [-0.1, -0.05) is 64.3 Å². The number of nitrogens with two attached hydrogens (primary N) is 1. The third-order valence-electron chi connectivity index (χ3n) is 5.38. The topological polar surface area (TPSA) is 46.2 Å². The Hall–Kier alpha value is -0.860. The van der Waals surface area contributed by atoms with E-state index in [1.165, 1.54) is 30.4 Å². The lowest BCUT2D eigenvalue weighted by atomic mass is 9.67. The van der Waals surface area contributed by atoms with Crippen molar-refractivity contribution in [3.05, 3.63) is 35.4 Å². The van der Waals surface area contributed by atoms with E-state index in [0.29, 0.717) is 12.5 Å². The highest BCUT2D eigenvalue weighted by Gasteiger charge is 2.38. The first-order valence-electron chi connectivity index (χ1n) is 8.46. The van der Waals surface area contributed by atoms with Crippen LogP contribution in [-0.4, -0.2) is 17.8 Å². The van der Waals surface area contributed by atoms with Crippen LogP contribution in [0.4, 0.5) is 0 Å². The minimum absolute atomic E-state index is 0.0268. The van der Waals surface area contributed by atoms with Crippen LogP contribution >= 0.6 is 0 Å². The molecule has 1 aromatic carbocycles. The standard InChI is InChI=1S/C19H31NO/c1-14(2)15-7-9-16(10-8-15)17(13-20)18(21)19(3)11-5-4-6-12-19/h7-10,14,17-18,21H,4-6,11-13,20H2,1-3H3. The first kappa shape index (κ1) is 16.5. The van der Waals surface area contributed by atoms with Crippen molar-refractivity contribution in [3.8, 4) is 0 Å². The molecule has 1 fully saturated rings. The van der Waals surface area contributed by atoms with Crippen LogP contribution in [-0.2, 0) is 0 Å². The molecule has 1 aromatic rings. The highest BCUT2D eigenvalue weighted by molar-refractivity contribution is 5.28. The summed E-state index contributed by atoms with van der Waals surface area (Å²) in [6.45, 7) is 7.15. The molecule has 0 aliphatic heterocycles. The fraction of sp³-hybridized carbons (Fsp3) is 0.684. The molecular formula is C19H31NO. The van der Waals surface area contributed by atoms with Gasteiger partial charge >= 0.3 is 0 Å². The summed E-state index contributed by atoms with van der Waals surface area (Å²) in [7, 11) is 0. The van der Waals surface area contributed by atoms with Crippen LogP contribution in [0, 0.1) is 5.41 Å². The highest BCUT2D eigenvalue weighted by atomic mass is 16.3. The van der Waals surface area contributed by atoms with Crippen LogP contribution in [0.25, 0.3) is 0 Å². The van der Waals surface area contributed by atoms with Crippen LogP contribution in [0.5, 0.6) is 0 Å². The number of benzene rings is 1. The summed E-state index contributed by atoms with van der Waals surface area (Å²) in [5.41, 5.74) is 8.56. The summed E-state index contributed by atoms with van der Waals surface area (Å²) in [4.78, 5) is 0. The van der Waals surface area contributed by atoms with Gasteiger partial charge in [-0.15, -0.1) is 0 Å². The van der Waals surface area contributed by atoms with Crippen LogP contribution in [0.2, 0.25) is 0 Å². The molecule has 2 atom stereocenters. The summed E-state index contributed by atoms with van der Waals surface area (Å²) in [5.74, 6) is 0.588. The van der Waals surface area contributed by atoms with E-state index in [4.69, 9.17) is 5.73 Å². The minimum Gasteiger partial charge on any atom is -0.392 e. The van der Waals surface area contributed by atoms with Gasteiger partial charge in [0.15, 0.2) is 0 Å². The van der Waals surface area contributed by atoms with Gasteiger partial charge in [0.1, 0.15) is 0 Å². The first-order valence-corrected chi connectivity index (χ1v) is 8.46. The Morgan fingerprint density at radius 2 is 1.57 bits per heavy atom. The highest BCUT2D eigenvalue weighted by Crippen LogP contribution is 2.43. The van der Waals surface area contributed by atoms with Gasteiger partial charge in [0.25, 0.3) is 0 Å². The van der Waals surface area contributed by atoms with Gasteiger partial charge in [-0.25, -0.2) is 0 Å². The molecule has 0 amide bonds. The quantitative estimate of drug-likeness (QED) is 0.854. The summed E-state index contributed by atoms with van der Waals surface area (Å²) in [5, 5.41) is 10.9. The van der Waals surface area contributed by atoms with Crippen LogP contribution in [0.15, 0.2) is 24.3 Å². The average molecular weight is 289 g/mol. The molecule has 0 bridgehead atoms. The van der Waals surface area contributed by atoms with Gasteiger partial charge in [0.05, 0.1) is 6.10 Å². The zero-order valence-corrected chi connectivity index (χ0v) is 13.8. The Morgan fingerprint density at radius 1 is 1.05 bits per heavy atom. The molecular weight excluding hydrogens is 258 g/mol. The van der Waals surface area contributed by atoms with Gasteiger partial charge in [-0.05, 0) is 35.3 Å². The second-order valence-corrected chi connectivity index (χ2v) is 7.32. The Bertz CT molecular complexity index is 431. The van der Waals surface area contributed by atoms with Gasteiger partial charge in [-0.3, -0.25) is 0 Å². The number of rotatable bonds is 5. The molecule has 3 N–H and O–H groups in total. The van der Waals surface area contributed by atoms with Crippen molar-refractivity contribution >= 4 is 0 Å². The smallest absolute Gasteiger partial charge is 0.0674 e. The summed E-state index contributed by atoms with van der Waals surface area (Å²) < 4.78 is 0. The maximum absolute atomic E-state index is 10.9. The molecule has 1 aliphatic rings. The number of hydrogen-bond acceptors (Lipinski definition) is 2. The molecule has 2 nitrogen and oxygen atoms in total. The molecule has 0 saturated heterocycles. The molecule has 1 saturated carbocycles. The fourth-order valence-electron chi connectivity index (χ4n) is 3.72. The fourth-order valence-corrected chi connectivity index (χ4v) is 3.72. The number of hydrogen-bond donors (Lipinski definition) is 2. The van der Waals surface area contributed by atoms with Gasteiger partial charge in [0, 0.05) is 12.5 Å². The molecule has 0 heterocycles. The van der Waals surface area contributed by atoms with Crippen molar-refractivity contribution in [1.29, 1.82) is 0 Å². The van der Waals surface area contributed by atoms with E-state index in [-0.39, 0.29) is 17.4 Å². The molecule has 2 heteroatoms. The van der Waals surface area contributed by atoms with Crippen LogP contribution < -0.4 is 5.73 Å². The van der Waals surface area contributed by atoms with E-state index in [2.05, 4.69) is 45.0 Å². The van der Waals surface area contributed by atoms with E-state index in [9.17, 15) is 5.11 Å². The Balaban J connectivity index is 2.18. The van der Waals surface area contributed by atoms with Crippen molar-refractivity contribution < 1.29 is 5.11 Å². The predicted octanol–water partition coefficient (Wildman–Crippen LogP) is 4.18. The lowest BCUT2D eigenvalue weighted by Gasteiger charge is -2.41. The Kier molecular flexibility index (Phi) is 5.45.